The molecule has 1 saturated heterocycles. The number of benzene rings is 1. The van der Waals surface area contributed by atoms with E-state index in [1.165, 1.54) is 6.20 Å². The monoisotopic (exact) mass is 576 g/mol. The molecule has 0 amide bonds. The molecule has 4 heterocycles. The smallest absolute Gasteiger partial charge is 0.376 e. The van der Waals surface area contributed by atoms with E-state index in [-0.39, 0.29) is 22.8 Å². The van der Waals surface area contributed by atoms with Gasteiger partial charge in [0.25, 0.3) is 0 Å². The lowest BCUT2D eigenvalue weighted by atomic mass is 9.98. The SMILES string of the molecule is FC(F)(F)c1cc(C(F)(F)F)n(C=CN2CCC(c3nc(C4NCc5cccc(Cl)c5CN4)cs3)CC2)n1. The van der Waals surface area contributed by atoms with Gasteiger partial charge in [-0.05, 0) is 30.0 Å². The van der Waals surface area contributed by atoms with E-state index < -0.39 is 23.7 Å². The van der Waals surface area contributed by atoms with E-state index in [4.69, 9.17) is 16.6 Å². The first-order chi connectivity index (χ1) is 18.0. The van der Waals surface area contributed by atoms with Crippen molar-refractivity contribution < 1.29 is 26.3 Å². The van der Waals surface area contributed by atoms with Gasteiger partial charge in [0.15, 0.2) is 5.69 Å². The molecule has 2 N–H and O–H groups in total. The molecule has 3 aromatic rings. The molecule has 38 heavy (non-hydrogen) atoms. The Morgan fingerprint density at radius 2 is 1.74 bits per heavy atom. The Morgan fingerprint density at radius 1 is 1.00 bits per heavy atom. The van der Waals surface area contributed by atoms with Crippen LogP contribution < -0.4 is 10.6 Å². The van der Waals surface area contributed by atoms with Crippen molar-refractivity contribution in [2.24, 2.45) is 0 Å². The van der Waals surface area contributed by atoms with Crippen LogP contribution in [0.4, 0.5) is 26.3 Å². The molecule has 0 saturated carbocycles. The summed E-state index contributed by atoms with van der Waals surface area (Å²) in [7, 11) is 0. The van der Waals surface area contributed by atoms with Crippen LogP contribution in [-0.2, 0) is 25.4 Å². The molecule has 5 rings (SSSR count). The molecule has 14 heteroatoms. The second-order valence-electron chi connectivity index (χ2n) is 9.15. The first kappa shape index (κ1) is 27.0. The minimum absolute atomic E-state index is 0.0158. The van der Waals surface area contributed by atoms with Gasteiger partial charge >= 0.3 is 12.4 Å². The highest BCUT2D eigenvalue weighted by Gasteiger charge is 2.41. The zero-order valence-electron chi connectivity index (χ0n) is 19.8. The molecule has 204 valence electrons. The standard InChI is InChI=1S/C24H23ClF6N6S/c25-17-3-1-2-15-11-32-21(33-12-16(15)17)18-13-38-22(34-18)14-4-6-36(7-5-14)8-9-37-20(24(29,30)31)10-19(35-37)23(26,27)28/h1-3,8-10,13-14,21,32-33H,4-7,11-12H2. The number of fused-ring (bicyclic) bond motifs is 1. The van der Waals surface area contributed by atoms with E-state index in [1.54, 1.807) is 16.2 Å². The Kier molecular flexibility index (Phi) is 7.46. The Balaban J connectivity index is 1.20. The van der Waals surface area contributed by atoms with Gasteiger partial charge in [0.2, 0.25) is 0 Å². The summed E-state index contributed by atoms with van der Waals surface area (Å²) in [6.45, 7) is 2.32. The van der Waals surface area contributed by atoms with E-state index in [0.29, 0.717) is 39.0 Å². The van der Waals surface area contributed by atoms with Gasteiger partial charge in [-0.15, -0.1) is 11.3 Å². The maximum absolute atomic E-state index is 13.2. The number of likely N-dealkylation sites (tertiary alicyclic amines) is 1. The summed E-state index contributed by atoms with van der Waals surface area (Å²) in [4.78, 5) is 6.62. The average Bonchev–Trinajstić information content (AvgIpc) is 3.47. The van der Waals surface area contributed by atoms with Crippen molar-refractivity contribution in [3.8, 4) is 0 Å². The third-order valence-electron chi connectivity index (χ3n) is 6.65. The molecular weight excluding hydrogens is 554 g/mol. The van der Waals surface area contributed by atoms with Crippen molar-refractivity contribution in [1.29, 1.82) is 0 Å². The first-order valence-electron chi connectivity index (χ1n) is 11.8. The fourth-order valence-electron chi connectivity index (χ4n) is 4.60. The van der Waals surface area contributed by atoms with Gasteiger partial charge in [0.05, 0.1) is 10.7 Å². The topological polar surface area (TPSA) is 58.0 Å². The molecular formula is C24H23ClF6N6S. The van der Waals surface area contributed by atoms with Crippen LogP contribution in [0.5, 0.6) is 0 Å². The molecule has 0 bridgehead atoms. The molecule has 0 spiro atoms. The largest absolute Gasteiger partial charge is 0.435 e. The van der Waals surface area contributed by atoms with Crippen LogP contribution in [0.15, 0.2) is 35.8 Å². The van der Waals surface area contributed by atoms with Gasteiger partial charge in [-0.25, -0.2) is 9.67 Å². The second kappa shape index (κ2) is 10.5. The molecule has 2 aliphatic rings. The fraction of sp³-hybridized carbons (Fsp3) is 0.417. The van der Waals surface area contributed by atoms with Crippen molar-refractivity contribution in [3.63, 3.8) is 0 Å². The van der Waals surface area contributed by atoms with E-state index in [9.17, 15) is 26.3 Å². The number of alkyl halides is 6. The number of halogens is 7. The van der Waals surface area contributed by atoms with Crippen LogP contribution in [0.3, 0.4) is 0 Å². The summed E-state index contributed by atoms with van der Waals surface area (Å²) in [5.41, 5.74) is 0.0208. The predicted molar refractivity (Wildman–Crippen MR) is 131 cm³/mol. The first-order valence-corrected chi connectivity index (χ1v) is 13.1. The van der Waals surface area contributed by atoms with Crippen LogP contribution in [0.2, 0.25) is 5.02 Å². The maximum atomic E-state index is 13.2. The van der Waals surface area contributed by atoms with E-state index in [1.807, 2.05) is 23.6 Å². The summed E-state index contributed by atoms with van der Waals surface area (Å²) in [5, 5.41) is 13.7. The normalized spacial score (nSPS) is 19.7. The fourth-order valence-corrected chi connectivity index (χ4v) is 5.87. The van der Waals surface area contributed by atoms with Gasteiger partial charge < -0.3 is 4.90 Å². The number of thiazole rings is 1. The molecule has 2 aromatic heterocycles. The van der Waals surface area contributed by atoms with Crippen molar-refractivity contribution >= 4 is 29.1 Å². The maximum Gasteiger partial charge on any atom is 0.435 e. The molecule has 2 aliphatic heterocycles. The second-order valence-corrected chi connectivity index (χ2v) is 10.4. The molecule has 0 radical (unpaired) electrons. The summed E-state index contributed by atoms with van der Waals surface area (Å²) in [5.74, 6) is 0.183. The van der Waals surface area contributed by atoms with Crippen molar-refractivity contribution in [3.05, 3.63) is 74.1 Å². The lowest BCUT2D eigenvalue weighted by molar-refractivity contribution is -0.143. The van der Waals surface area contributed by atoms with Crippen LogP contribution in [-0.4, -0.2) is 32.8 Å². The summed E-state index contributed by atoms with van der Waals surface area (Å²) in [6, 6.07) is 5.85. The van der Waals surface area contributed by atoms with Crippen LogP contribution >= 0.6 is 22.9 Å². The number of nitrogens with zero attached hydrogens (tertiary/aromatic N) is 4. The number of hydrogen-bond acceptors (Lipinski definition) is 6. The van der Waals surface area contributed by atoms with Gasteiger partial charge in [-0.2, -0.15) is 31.4 Å². The average molecular weight is 577 g/mol. The summed E-state index contributed by atoms with van der Waals surface area (Å²) < 4.78 is 78.5. The van der Waals surface area contributed by atoms with Gasteiger partial charge in [0, 0.05) is 61.0 Å². The number of nitrogens with one attached hydrogen (secondary N) is 2. The number of piperidine rings is 1. The highest BCUT2D eigenvalue weighted by molar-refractivity contribution is 7.09. The van der Waals surface area contributed by atoms with E-state index in [2.05, 4.69) is 15.7 Å². The van der Waals surface area contributed by atoms with Gasteiger partial charge in [0.1, 0.15) is 11.9 Å². The molecule has 1 atom stereocenters. The highest BCUT2D eigenvalue weighted by Crippen LogP contribution is 2.36. The summed E-state index contributed by atoms with van der Waals surface area (Å²) >= 11 is 7.91. The van der Waals surface area contributed by atoms with Crippen LogP contribution in [0.1, 0.15) is 58.1 Å². The van der Waals surface area contributed by atoms with E-state index in [0.717, 1.165) is 33.1 Å². The Labute approximate surface area is 223 Å². The number of hydrogen-bond donors (Lipinski definition) is 2. The zero-order chi connectivity index (χ0) is 27.1. The van der Waals surface area contributed by atoms with Crippen LogP contribution in [0, 0.1) is 0 Å². The van der Waals surface area contributed by atoms with Gasteiger partial charge in [-0.1, -0.05) is 23.7 Å². The predicted octanol–water partition coefficient (Wildman–Crippen LogP) is 6.23. The molecule has 1 aromatic carbocycles. The van der Waals surface area contributed by atoms with Crippen molar-refractivity contribution in [2.45, 2.75) is 50.4 Å². The minimum Gasteiger partial charge on any atom is -0.376 e. The Morgan fingerprint density at radius 3 is 2.45 bits per heavy atom. The van der Waals surface area contributed by atoms with Crippen molar-refractivity contribution in [2.75, 3.05) is 13.1 Å². The third-order valence-corrected chi connectivity index (χ3v) is 8.02. The number of rotatable bonds is 4. The molecule has 1 fully saturated rings. The van der Waals surface area contributed by atoms with E-state index >= 15 is 0 Å². The quantitative estimate of drug-likeness (QED) is 0.361. The summed E-state index contributed by atoms with van der Waals surface area (Å²) in [6.07, 6.45) is -6.37. The van der Waals surface area contributed by atoms with Crippen molar-refractivity contribution in [1.82, 2.24) is 30.3 Å². The Hall–Kier alpha value is -2.61. The zero-order valence-corrected chi connectivity index (χ0v) is 21.4. The lowest BCUT2D eigenvalue weighted by Gasteiger charge is -2.30. The third kappa shape index (κ3) is 5.85. The van der Waals surface area contributed by atoms with Crippen LogP contribution in [0.25, 0.3) is 6.20 Å². The number of aromatic nitrogens is 3. The highest BCUT2D eigenvalue weighted by atomic mass is 35.5. The van der Waals surface area contributed by atoms with Gasteiger partial charge in [-0.3, -0.25) is 10.6 Å². The molecule has 6 nitrogen and oxygen atoms in total. The lowest BCUT2D eigenvalue weighted by Crippen LogP contribution is -2.31. The minimum atomic E-state index is -4.97. The Bertz CT molecular complexity index is 1310. The molecule has 0 aliphatic carbocycles. The molecule has 1 unspecified atom stereocenters.